The number of hydrogen-bond acceptors (Lipinski definition) is 3. The summed E-state index contributed by atoms with van der Waals surface area (Å²) >= 11 is 20.7. The van der Waals surface area contributed by atoms with E-state index in [0.717, 1.165) is 50.0 Å². The highest BCUT2D eigenvalue weighted by Crippen LogP contribution is 2.55. The second-order valence-electron chi connectivity index (χ2n) is 10.1. The zero-order chi connectivity index (χ0) is 33.1. The van der Waals surface area contributed by atoms with Crippen molar-refractivity contribution in [2.24, 2.45) is 0 Å². The van der Waals surface area contributed by atoms with Crippen LogP contribution in [-0.4, -0.2) is 14.4 Å². The lowest BCUT2D eigenvalue weighted by atomic mass is 10.1. The Hall–Kier alpha value is -2.96. The number of fused-ring (bicyclic) bond motifs is 7. The molecule has 7 aromatic rings. The van der Waals surface area contributed by atoms with Gasteiger partial charge < -0.3 is 18.9 Å². The van der Waals surface area contributed by atoms with E-state index in [-0.39, 0.29) is 0 Å². The molecule has 9 rings (SSSR count). The van der Waals surface area contributed by atoms with Crippen LogP contribution in [0.2, 0.25) is 10.0 Å². The third kappa shape index (κ3) is 6.21. The van der Waals surface area contributed by atoms with E-state index in [1.165, 1.54) is 16.3 Å². The van der Waals surface area contributed by atoms with Gasteiger partial charge in [-0.15, -0.1) is 0 Å². The summed E-state index contributed by atoms with van der Waals surface area (Å²) in [6.45, 7) is 0. The third-order valence-electron chi connectivity index (χ3n) is 7.65. The van der Waals surface area contributed by atoms with Crippen LogP contribution in [0.1, 0.15) is 0 Å². The number of nitrogens with zero attached hydrogens (tertiary/aromatic N) is 2. The molecule has 2 aliphatic heterocycles. The molecule has 0 N–H and O–H groups in total. The van der Waals surface area contributed by atoms with Gasteiger partial charge in [0.1, 0.15) is 5.69 Å². The van der Waals surface area contributed by atoms with Crippen LogP contribution in [0.5, 0.6) is 23.0 Å². The number of ether oxygens (including phenoxy) is 2. The third-order valence-corrected chi connectivity index (χ3v) is 8.89. The molecule has 0 atom stereocenters. The maximum Gasteiger partial charge on any atom is 0.171 e. The second kappa shape index (κ2) is 15.1. The van der Waals surface area contributed by atoms with Gasteiger partial charge in [0.25, 0.3) is 0 Å². The first-order valence-corrected chi connectivity index (χ1v) is 20.3. The lowest BCUT2D eigenvalue weighted by molar-refractivity contribution is 0.476. The molecule has 0 amide bonds. The molecule has 47 heavy (non-hydrogen) atoms. The monoisotopic (exact) mass is 946 g/mol. The number of rotatable bonds is 1. The van der Waals surface area contributed by atoms with Crippen molar-refractivity contribution in [3.05, 3.63) is 142 Å². The first-order valence-electron chi connectivity index (χ1n) is 14.4. The molecule has 236 valence electrons. The molecule has 9 heteroatoms. The van der Waals surface area contributed by atoms with Gasteiger partial charge in [0, 0.05) is 20.9 Å². The van der Waals surface area contributed by atoms with Crippen molar-refractivity contribution in [2.45, 2.75) is 0 Å². The largest absolute Gasteiger partial charge is 0.451 e. The highest BCUT2D eigenvalue weighted by Gasteiger charge is 2.29. The Morgan fingerprint density at radius 2 is 1.11 bits per heavy atom. The smallest absolute Gasteiger partial charge is 0.171 e. The van der Waals surface area contributed by atoms with Crippen molar-refractivity contribution in [2.75, 3.05) is 14.8 Å². The number of anilines is 3. The Kier molecular flexibility index (Phi) is 10.9. The molecule has 2 aliphatic rings. The van der Waals surface area contributed by atoms with Crippen LogP contribution >= 0.6 is 84.3 Å². The van der Waals surface area contributed by atoms with E-state index < -0.39 is 0 Å². The number of alkyl halides is 2. The van der Waals surface area contributed by atoms with Crippen LogP contribution in [0.15, 0.2) is 132 Å². The maximum atomic E-state index is 6.36. The Labute approximate surface area is 319 Å². The van der Waals surface area contributed by atoms with Gasteiger partial charge in [-0.05, 0) is 86.5 Å². The molecule has 0 unspecified atom stereocenters. The minimum Gasteiger partial charge on any atom is -0.451 e. The Bertz CT molecular complexity index is 2210. The van der Waals surface area contributed by atoms with Crippen molar-refractivity contribution < 1.29 is 9.47 Å². The summed E-state index contributed by atoms with van der Waals surface area (Å²) in [6, 6.07) is 42.3. The molecule has 0 radical (unpaired) electrons. The van der Waals surface area contributed by atoms with E-state index >= 15 is 0 Å². The second-order valence-corrected chi connectivity index (χ2v) is 11.8. The average Bonchev–Trinajstić information content (AvgIpc) is 3.48. The fourth-order valence-electron chi connectivity index (χ4n) is 5.82. The SMILES string of the molecule is CI.CI.Clc1ccc(Br)c2c1Oc1ccccc1N2c1ccccc1.Clc1ccc2c3ccccc3n3c2c1Oc1ccccc1-3. The molecule has 4 nitrogen and oxygen atoms in total. The summed E-state index contributed by atoms with van der Waals surface area (Å²) in [5.41, 5.74) is 6.23. The molecule has 6 aromatic carbocycles. The summed E-state index contributed by atoms with van der Waals surface area (Å²) in [4.78, 5) is 6.10. The van der Waals surface area contributed by atoms with Crippen LogP contribution in [0.3, 0.4) is 0 Å². The normalized spacial score (nSPS) is 11.6. The van der Waals surface area contributed by atoms with Gasteiger partial charge >= 0.3 is 0 Å². The fraction of sp³-hybridized carbons (Fsp3) is 0.0526. The van der Waals surface area contributed by atoms with E-state index in [1.54, 1.807) is 0 Å². The summed E-state index contributed by atoms with van der Waals surface area (Å²) in [6.07, 6.45) is 0. The number of halogens is 5. The molecule has 0 saturated heterocycles. The predicted octanol–water partition coefficient (Wildman–Crippen LogP) is 14.3. The minimum absolute atomic E-state index is 0.591. The quantitative estimate of drug-likeness (QED) is 0.121. The van der Waals surface area contributed by atoms with Gasteiger partial charge in [-0.3, -0.25) is 0 Å². The molecule has 0 fully saturated rings. The van der Waals surface area contributed by atoms with Crippen molar-refractivity contribution in [1.29, 1.82) is 0 Å². The highest BCUT2D eigenvalue weighted by atomic mass is 127. The summed E-state index contributed by atoms with van der Waals surface area (Å²) in [7, 11) is 0. The van der Waals surface area contributed by atoms with E-state index in [2.05, 4.69) is 119 Å². The maximum absolute atomic E-state index is 6.36. The van der Waals surface area contributed by atoms with Crippen LogP contribution in [-0.2, 0) is 0 Å². The van der Waals surface area contributed by atoms with Gasteiger partial charge in [-0.25, -0.2) is 0 Å². The molecule has 0 bridgehead atoms. The summed E-state index contributed by atoms with van der Waals surface area (Å²) < 4.78 is 15.3. The van der Waals surface area contributed by atoms with Crippen molar-refractivity contribution >= 4 is 123 Å². The van der Waals surface area contributed by atoms with Gasteiger partial charge in [0.15, 0.2) is 23.0 Å². The van der Waals surface area contributed by atoms with Crippen LogP contribution in [0, 0.1) is 0 Å². The van der Waals surface area contributed by atoms with E-state index in [4.69, 9.17) is 32.7 Å². The van der Waals surface area contributed by atoms with E-state index in [0.29, 0.717) is 15.8 Å². The van der Waals surface area contributed by atoms with Gasteiger partial charge in [-0.2, -0.15) is 0 Å². The van der Waals surface area contributed by atoms with Crippen molar-refractivity contribution in [3.8, 4) is 28.7 Å². The van der Waals surface area contributed by atoms with Gasteiger partial charge in [0.2, 0.25) is 0 Å². The number of benzene rings is 6. The van der Waals surface area contributed by atoms with Crippen molar-refractivity contribution in [1.82, 2.24) is 4.57 Å². The highest BCUT2D eigenvalue weighted by molar-refractivity contribution is 14.1. The first kappa shape index (κ1) is 33.9. The zero-order valence-corrected chi connectivity index (χ0v) is 32.6. The fourth-order valence-corrected chi connectivity index (χ4v) is 6.69. The number of para-hydroxylation sites is 6. The Morgan fingerprint density at radius 3 is 1.85 bits per heavy atom. The molecule has 0 aliphatic carbocycles. The number of aromatic nitrogens is 1. The lowest BCUT2D eigenvalue weighted by Gasteiger charge is -2.34. The minimum atomic E-state index is 0.591. The molecule has 0 saturated carbocycles. The topological polar surface area (TPSA) is 26.6 Å². The summed E-state index contributed by atoms with van der Waals surface area (Å²) in [5, 5.41) is 3.61. The number of hydrogen-bond donors (Lipinski definition) is 0. The zero-order valence-electron chi connectivity index (χ0n) is 25.2. The van der Waals surface area contributed by atoms with Gasteiger partial charge in [0.05, 0.1) is 32.5 Å². The van der Waals surface area contributed by atoms with Gasteiger partial charge in [-0.1, -0.05) is 135 Å². The first-order chi connectivity index (χ1) is 23.1. The Morgan fingerprint density at radius 1 is 0.553 bits per heavy atom. The van der Waals surface area contributed by atoms with Crippen molar-refractivity contribution in [3.63, 3.8) is 0 Å². The van der Waals surface area contributed by atoms with Crippen LogP contribution in [0.25, 0.3) is 27.5 Å². The molecular weight excluding hydrogens is 921 g/mol. The van der Waals surface area contributed by atoms with Crippen LogP contribution < -0.4 is 14.4 Å². The van der Waals surface area contributed by atoms with E-state index in [9.17, 15) is 0 Å². The predicted molar refractivity (Wildman–Crippen MR) is 220 cm³/mol. The molecule has 1 aromatic heterocycles. The molecular formula is C38H27BrCl2I2N2O2. The summed E-state index contributed by atoms with van der Waals surface area (Å²) in [5.74, 6) is 3.03. The average molecular weight is 948 g/mol. The lowest BCUT2D eigenvalue weighted by Crippen LogP contribution is -2.16. The standard InChI is InChI=1S/C18H11BrClNO.C18H10ClNO.2CH3I/c19-13-10-11-14(20)18-17(13)21(12-6-2-1-3-7-12)15-8-4-5-9-16(15)22-18;19-13-10-9-12-11-5-1-2-6-14(11)20-15-7-3-4-8-16(15)21-18(13)17(12)20;2*1-2/h1-11H;1-10H;2*1H3. The van der Waals surface area contributed by atoms with E-state index in [1.807, 2.05) is 88.7 Å². The van der Waals surface area contributed by atoms with Crippen LogP contribution in [0.4, 0.5) is 17.1 Å². The molecule has 3 heterocycles. The molecule has 0 spiro atoms. The Balaban J connectivity index is 0.000000149.